The lowest BCUT2D eigenvalue weighted by atomic mass is 10.1. The van der Waals surface area contributed by atoms with Gasteiger partial charge in [-0.3, -0.25) is 0 Å². The molecule has 1 aliphatic rings. The quantitative estimate of drug-likeness (QED) is 0.657. The largest absolute Gasteiger partial charge is 0.383 e. The molecule has 3 N–H and O–H groups in total. The van der Waals surface area contributed by atoms with Gasteiger partial charge in [0.1, 0.15) is 11.6 Å². The summed E-state index contributed by atoms with van der Waals surface area (Å²) in [5.41, 5.74) is 9.41. The molecule has 6 nitrogen and oxygen atoms in total. The Balaban J connectivity index is 1.50. The van der Waals surface area contributed by atoms with Crippen molar-refractivity contribution in [3.05, 3.63) is 58.9 Å². The van der Waals surface area contributed by atoms with E-state index in [4.69, 9.17) is 17.3 Å². The third-order valence-corrected chi connectivity index (χ3v) is 5.41. The fourth-order valence-corrected chi connectivity index (χ4v) is 3.78. The molecule has 2 aromatic carbocycles. The summed E-state index contributed by atoms with van der Waals surface area (Å²) in [6.07, 6.45) is 0. The van der Waals surface area contributed by atoms with Crippen molar-refractivity contribution < 1.29 is 9.18 Å². The van der Waals surface area contributed by atoms with Crippen LogP contribution in [0.5, 0.6) is 0 Å². The lowest BCUT2D eigenvalue weighted by Crippen LogP contribution is -2.50. The van der Waals surface area contributed by atoms with Gasteiger partial charge in [-0.05, 0) is 49.4 Å². The topological polar surface area (TPSA) is 74.5 Å². The number of rotatable bonds is 2. The lowest BCUT2D eigenvalue weighted by Gasteiger charge is -2.37. The fourth-order valence-electron chi connectivity index (χ4n) is 3.61. The second-order valence-electron chi connectivity index (χ2n) is 7.04. The van der Waals surface area contributed by atoms with Gasteiger partial charge in [0.05, 0.1) is 11.2 Å². The first kappa shape index (κ1) is 19.3. The number of hydrogen-bond donors (Lipinski definition) is 2. The molecule has 0 saturated carbocycles. The second-order valence-corrected chi connectivity index (χ2v) is 7.48. The molecule has 0 radical (unpaired) electrons. The number of fused-ring (bicyclic) bond motifs is 1. The van der Waals surface area contributed by atoms with Crippen LogP contribution in [0.3, 0.4) is 0 Å². The molecule has 0 atom stereocenters. The minimum atomic E-state index is -0.336. The number of amides is 2. The molecule has 4 rings (SSSR count). The van der Waals surface area contributed by atoms with E-state index in [0.29, 0.717) is 42.7 Å². The Hall–Kier alpha value is -3.06. The van der Waals surface area contributed by atoms with E-state index in [1.165, 1.54) is 12.1 Å². The van der Waals surface area contributed by atoms with Crippen molar-refractivity contribution in [3.63, 3.8) is 0 Å². The number of carbonyl (C=O) groups excluding carboxylic acids is 1. The van der Waals surface area contributed by atoms with E-state index in [9.17, 15) is 9.18 Å². The molecule has 150 valence electrons. The van der Waals surface area contributed by atoms with Crippen LogP contribution in [-0.2, 0) is 0 Å². The molecular weight excluding hydrogens is 393 g/mol. The van der Waals surface area contributed by atoms with Gasteiger partial charge in [0.2, 0.25) is 0 Å². The van der Waals surface area contributed by atoms with E-state index in [-0.39, 0.29) is 11.8 Å². The molecule has 3 aromatic rings. The zero-order valence-electron chi connectivity index (χ0n) is 16.0. The Morgan fingerprint density at radius 2 is 1.83 bits per heavy atom. The number of urea groups is 1. The van der Waals surface area contributed by atoms with Gasteiger partial charge >= 0.3 is 6.03 Å². The maximum Gasteiger partial charge on any atom is 0.321 e. The van der Waals surface area contributed by atoms with E-state index < -0.39 is 0 Å². The van der Waals surface area contributed by atoms with Gasteiger partial charge in [-0.25, -0.2) is 14.2 Å². The number of nitrogen functional groups attached to an aromatic ring is 1. The summed E-state index contributed by atoms with van der Waals surface area (Å²) in [6.45, 7) is 4.41. The molecule has 1 aromatic heterocycles. The normalized spacial score (nSPS) is 14.3. The third-order valence-electron chi connectivity index (χ3n) is 5.17. The Kier molecular flexibility index (Phi) is 5.15. The standard InChI is InChI=1S/C21H21ClFN5O/c1-13-19(17-7-2-14(22)12-18(17)26-20(13)24)27-8-10-28(11-9-27)21(29)25-16-5-3-15(23)4-6-16/h2-7,12H,8-11H2,1H3,(H2,24,26)(H,25,29). The number of nitrogens with zero attached hydrogens (tertiary/aromatic N) is 3. The summed E-state index contributed by atoms with van der Waals surface area (Å²) >= 11 is 6.11. The molecule has 0 bridgehead atoms. The van der Waals surface area contributed by atoms with Crippen molar-refractivity contribution in [1.29, 1.82) is 0 Å². The van der Waals surface area contributed by atoms with Crippen molar-refractivity contribution in [3.8, 4) is 0 Å². The van der Waals surface area contributed by atoms with Gasteiger partial charge in [0.15, 0.2) is 0 Å². The SMILES string of the molecule is Cc1c(N)nc2cc(Cl)ccc2c1N1CCN(C(=O)Nc2ccc(F)cc2)CC1. The van der Waals surface area contributed by atoms with Gasteiger partial charge in [-0.1, -0.05) is 11.6 Å². The monoisotopic (exact) mass is 413 g/mol. The van der Waals surface area contributed by atoms with Gasteiger partial charge in [0.25, 0.3) is 0 Å². The van der Waals surface area contributed by atoms with Crippen LogP contribution < -0.4 is 16.0 Å². The van der Waals surface area contributed by atoms with Crippen LogP contribution in [0.25, 0.3) is 10.9 Å². The summed E-state index contributed by atoms with van der Waals surface area (Å²) in [7, 11) is 0. The average Bonchev–Trinajstić information content (AvgIpc) is 2.71. The zero-order valence-corrected chi connectivity index (χ0v) is 16.7. The van der Waals surface area contributed by atoms with Crippen molar-refractivity contribution in [2.24, 2.45) is 0 Å². The maximum absolute atomic E-state index is 13.0. The number of pyridine rings is 1. The molecule has 1 fully saturated rings. The molecule has 1 aliphatic heterocycles. The highest BCUT2D eigenvalue weighted by Gasteiger charge is 2.24. The summed E-state index contributed by atoms with van der Waals surface area (Å²) in [5, 5.41) is 4.41. The average molecular weight is 414 g/mol. The highest BCUT2D eigenvalue weighted by atomic mass is 35.5. The first-order valence-electron chi connectivity index (χ1n) is 9.34. The smallest absolute Gasteiger partial charge is 0.321 e. The zero-order chi connectivity index (χ0) is 20.5. The molecular formula is C21H21ClFN5O. The number of piperazine rings is 1. The van der Waals surface area contributed by atoms with E-state index in [0.717, 1.165) is 22.2 Å². The predicted molar refractivity (Wildman–Crippen MR) is 115 cm³/mol. The van der Waals surface area contributed by atoms with E-state index in [1.807, 2.05) is 25.1 Å². The molecule has 1 saturated heterocycles. The van der Waals surface area contributed by atoms with Gasteiger partial charge in [-0.2, -0.15) is 0 Å². The van der Waals surface area contributed by atoms with Gasteiger partial charge < -0.3 is 20.9 Å². The highest BCUT2D eigenvalue weighted by molar-refractivity contribution is 6.31. The van der Waals surface area contributed by atoms with E-state index >= 15 is 0 Å². The molecule has 0 aliphatic carbocycles. The molecule has 0 unspecified atom stereocenters. The van der Waals surface area contributed by atoms with Gasteiger partial charge in [0, 0.05) is 47.8 Å². The second kappa shape index (κ2) is 7.75. The number of benzene rings is 2. The molecule has 0 spiro atoms. The van der Waals surface area contributed by atoms with Crippen LogP contribution in [-0.4, -0.2) is 42.1 Å². The Morgan fingerprint density at radius 1 is 1.14 bits per heavy atom. The molecule has 29 heavy (non-hydrogen) atoms. The van der Waals surface area contributed by atoms with Crippen molar-refractivity contribution in [2.45, 2.75) is 6.92 Å². The van der Waals surface area contributed by atoms with E-state index in [2.05, 4.69) is 15.2 Å². The molecule has 2 amide bonds. The number of hydrogen-bond acceptors (Lipinski definition) is 4. The summed E-state index contributed by atoms with van der Waals surface area (Å²) in [6, 6.07) is 11.1. The number of nitrogens with two attached hydrogens (primary N) is 1. The van der Waals surface area contributed by atoms with Crippen molar-refractivity contribution in [2.75, 3.05) is 42.1 Å². The van der Waals surface area contributed by atoms with Crippen molar-refractivity contribution in [1.82, 2.24) is 9.88 Å². The Labute approximate surface area is 173 Å². The van der Waals surface area contributed by atoms with E-state index in [1.54, 1.807) is 17.0 Å². The highest BCUT2D eigenvalue weighted by Crippen LogP contribution is 2.34. The van der Waals surface area contributed by atoms with Crippen LogP contribution in [0.15, 0.2) is 42.5 Å². The number of anilines is 3. The summed E-state index contributed by atoms with van der Waals surface area (Å²) in [4.78, 5) is 21.0. The van der Waals surface area contributed by atoms with Crippen LogP contribution in [0.4, 0.5) is 26.4 Å². The minimum Gasteiger partial charge on any atom is -0.383 e. The first-order chi connectivity index (χ1) is 13.9. The van der Waals surface area contributed by atoms with Crippen LogP contribution in [0.2, 0.25) is 5.02 Å². The number of halogens is 2. The van der Waals surface area contributed by atoms with Crippen LogP contribution >= 0.6 is 11.6 Å². The number of aromatic nitrogens is 1. The fraction of sp³-hybridized carbons (Fsp3) is 0.238. The number of carbonyl (C=O) groups is 1. The van der Waals surface area contributed by atoms with Gasteiger partial charge in [-0.15, -0.1) is 0 Å². The van der Waals surface area contributed by atoms with Crippen molar-refractivity contribution >= 4 is 45.7 Å². The molecule has 8 heteroatoms. The van der Waals surface area contributed by atoms with Crippen LogP contribution in [0.1, 0.15) is 5.56 Å². The first-order valence-corrected chi connectivity index (χ1v) is 9.72. The Bertz CT molecular complexity index is 1060. The minimum absolute atomic E-state index is 0.195. The lowest BCUT2D eigenvalue weighted by molar-refractivity contribution is 0.208. The third kappa shape index (κ3) is 3.91. The predicted octanol–water partition coefficient (Wildman–Crippen LogP) is 4.27. The summed E-state index contributed by atoms with van der Waals surface area (Å²) in [5.74, 6) is 0.142. The summed E-state index contributed by atoms with van der Waals surface area (Å²) < 4.78 is 13.0. The number of nitrogens with one attached hydrogen (secondary N) is 1. The molecule has 2 heterocycles. The van der Waals surface area contributed by atoms with Crippen LogP contribution in [0, 0.1) is 12.7 Å². The Morgan fingerprint density at radius 3 is 2.52 bits per heavy atom. The maximum atomic E-state index is 13.0.